The molecule has 3 rings (SSSR count). The molecule has 1 fully saturated rings. The second-order valence-corrected chi connectivity index (χ2v) is 7.68. The Morgan fingerprint density at radius 2 is 1.73 bits per heavy atom. The predicted molar refractivity (Wildman–Crippen MR) is 105 cm³/mol. The van der Waals surface area contributed by atoms with E-state index in [0.29, 0.717) is 25.2 Å². The van der Waals surface area contributed by atoms with Crippen molar-refractivity contribution in [1.29, 1.82) is 0 Å². The highest BCUT2D eigenvalue weighted by Crippen LogP contribution is 2.39. The SMILES string of the molecule is OC(C#CCN1CCC(O)(c2ccc(Cl)c(C(F)(F)F)c2)CC1)c1ccc(F)cc1. The topological polar surface area (TPSA) is 43.7 Å². The van der Waals surface area contributed by atoms with E-state index in [9.17, 15) is 27.8 Å². The summed E-state index contributed by atoms with van der Waals surface area (Å²) in [6.07, 6.45) is -5.14. The molecule has 2 aromatic rings. The maximum absolute atomic E-state index is 13.1. The molecule has 0 radical (unpaired) electrons. The van der Waals surface area contributed by atoms with Crippen LogP contribution in [-0.2, 0) is 11.8 Å². The molecular weight excluding hydrogens is 422 g/mol. The van der Waals surface area contributed by atoms with E-state index in [1.165, 1.54) is 30.3 Å². The first kappa shape index (κ1) is 22.6. The third-order valence-corrected chi connectivity index (χ3v) is 5.55. The Balaban J connectivity index is 1.60. The molecule has 1 heterocycles. The van der Waals surface area contributed by atoms with Crippen LogP contribution in [0.1, 0.15) is 35.6 Å². The number of halogens is 5. The summed E-state index contributed by atoms with van der Waals surface area (Å²) in [5.74, 6) is 5.14. The Kier molecular flexibility index (Phi) is 6.73. The summed E-state index contributed by atoms with van der Waals surface area (Å²) in [5, 5.41) is 20.5. The van der Waals surface area contributed by atoms with Gasteiger partial charge in [-0.2, -0.15) is 13.2 Å². The van der Waals surface area contributed by atoms with Crippen molar-refractivity contribution < 1.29 is 27.8 Å². The highest BCUT2D eigenvalue weighted by atomic mass is 35.5. The molecule has 1 aliphatic heterocycles. The number of rotatable bonds is 3. The fourth-order valence-corrected chi connectivity index (χ4v) is 3.61. The largest absolute Gasteiger partial charge is 0.417 e. The van der Waals surface area contributed by atoms with Gasteiger partial charge in [-0.25, -0.2) is 4.39 Å². The lowest BCUT2D eigenvalue weighted by molar-refractivity contribution is -0.137. The van der Waals surface area contributed by atoms with E-state index in [1.54, 1.807) is 0 Å². The molecule has 0 aromatic heterocycles. The first-order valence-corrected chi connectivity index (χ1v) is 9.70. The first-order chi connectivity index (χ1) is 14.1. The van der Waals surface area contributed by atoms with Crippen LogP contribution in [0.25, 0.3) is 0 Å². The van der Waals surface area contributed by atoms with Crippen molar-refractivity contribution in [3.8, 4) is 11.8 Å². The monoisotopic (exact) mass is 441 g/mol. The van der Waals surface area contributed by atoms with Crippen molar-refractivity contribution in [1.82, 2.24) is 4.90 Å². The van der Waals surface area contributed by atoms with E-state index in [2.05, 4.69) is 11.8 Å². The zero-order chi connectivity index (χ0) is 21.9. The minimum absolute atomic E-state index is 0.191. The molecule has 3 nitrogen and oxygen atoms in total. The molecule has 0 bridgehead atoms. The lowest BCUT2D eigenvalue weighted by atomic mass is 9.83. The molecule has 1 aliphatic rings. The van der Waals surface area contributed by atoms with Gasteiger partial charge in [0, 0.05) is 13.1 Å². The highest BCUT2D eigenvalue weighted by molar-refractivity contribution is 6.31. The minimum atomic E-state index is -4.59. The van der Waals surface area contributed by atoms with Crippen molar-refractivity contribution in [2.45, 2.75) is 30.7 Å². The molecule has 1 unspecified atom stereocenters. The van der Waals surface area contributed by atoms with Crippen LogP contribution in [0.5, 0.6) is 0 Å². The summed E-state index contributed by atoms with van der Waals surface area (Å²) >= 11 is 5.66. The molecule has 8 heteroatoms. The van der Waals surface area contributed by atoms with Gasteiger partial charge in [-0.05, 0) is 48.2 Å². The van der Waals surface area contributed by atoms with Gasteiger partial charge in [0.1, 0.15) is 11.9 Å². The number of aliphatic hydroxyl groups excluding tert-OH is 1. The summed E-state index contributed by atoms with van der Waals surface area (Å²) in [4.78, 5) is 1.94. The van der Waals surface area contributed by atoms with Crippen LogP contribution >= 0.6 is 11.6 Å². The third-order valence-electron chi connectivity index (χ3n) is 5.22. The molecule has 2 aromatic carbocycles. The van der Waals surface area contributed by atoms with Gasteiger partial charge in [0.15, 0.2) is 0 Å². The number of nitrogens with zero attached hydrogens (tertiary/aromatic N) is 1. The van der Waals surface area contributed by atoms with Gasteiger partial charge in [0.25, 0.3) is 0 Å². The van der Waals surface area contributed by atoms with Crippen molar-refractivity contribution >= 4 is 11.6 Å². The van der Waals surface area contributed by atoms with E-state index in [-0.39, 0.29) is 18.4 Å². The zero-order valence-electron chi connectivity index (χ0n) is 15.9. The molecule has 2 N–H and O–H groups in total. The van der Waals surface area contributed by atoms with Gasteiger partial charge >= 0.3 is 6.18 Å². The average molecular weight is 442 g/mol. The van der Waals surface area contributed by atoms with Crippen LogP contribution < -0.4 is 0 Å². The molecule has 30 heavy (non-hydrogen) atoms. The van der Waals surface area contributed by atoms with E-state index < -0.39 is 34.3 Å². The van der Waals surface area contributed by atoms with Gasteiger partial charge in [-0.3, -0.25) is 4.90 Å². The van der Waals surface area contributed by atoms with Gasteiger partial charge in [-0.1, -0.05) is 41.6 Å². The zero-order valence-corrected chi connectivity index (χ0v) is 16.6. The normalized spacial score (nSPS) is 17.8. The fraction of sp³-hybridized carbons (Fsp3) is 0.364. The predicted octanol–water partition coefficient (Wildman–Crippen LogP) is 4.52. The van der Waals surface area contributed by atoms with Crippen LogP contribution in [0, 0.1) is 17.7 Å². The number of piperidine rings is 1. The van der Waals surface area contributed by atoms with Gasteiger partial charge in [-0.15, -0.1) is 0 Å². The van der Waals surface area contributed by atoms with Crippen LogP contribution in [0.15, 0.2) is 42.5 Å². The second-order valence-electron chi connectivity index (χ2n) is 7.28. The number of hydrogen-bond acceptors (Lipinski definition) is 3. The summed E-state index contributed by atoms with van der Waals surface area (Å²) < 4.78 is 52.2. The quantitative estimate of drug-likeness (QED) is 0.544. The van der Waals surface area contributed by atoms with Crippen molar-refractivity contribution in [3.63, 3.8) is 0 Å². The molecule has 1 atom stereocenters. The summed E-state index contributed by atoms with van der Waals surface area (Å²) in [6, 6.07) is 8.89. The van der Waals surface area contributed by atoms with Gasteiger partial charge in [0.2, 0.25) is 0 Å². The van der Waals surface area contributed by atoms with Crippen molar-refractivity contribution in [2.75, 3.05) is 19.6 Å². The Morgan fingerprint density at radius 1 is 1.10 bits per heavy atom. The number of hydrogen-bond donors (Lipinski definition) is 2. The summed E-state index contributed by atoms with van der Waals surface area (Å²) in [6.45, 7) is 1.20. The first-order valence-electron chi connectivity index (χ1n) is 9.32. The molecule has 0 saturated carbocycles. The lowest BCUT2D eigenvalue weighted by Crippen LogP contribution is -2.42. The van der Waals surface area contributed by atoms with E-state index in [1.807, 2.05) is 4.90 Å². The molecule has 0 aliphatic carbocycles. The lowest BCUT2D eigenvalue weighted by Gasteiger charge is -2.38. The number of alkyl halides is 3. The van der Waals surface area contributed by atoms with Gasteiger partial charge < -0.3 is 10.2 Å². The maximum atomic E-state index is 13.1. The maximum Gasteiger partial charge on any atom is 0.417 e. The van der Waals surface area contributed by atoms with Crippen molar-refractivity contribution in [2.24, 2.45) is 0 Å². The molecular formula is C22H20ClF4NO2. The average Bonchev–Trinajstić information content (AvgIpc) is 2.69. The molecule has 0 spiro atoms. The van der Waals surface area contributed by atoms with Crippen LogP contribution in [0.3, 0.4) is 0 Å². The fourth-order valence-electron chi connectivity index (χ4n) is 3.38. The van der Waals surface area contributed by atoms with Gasteiger partial charge in [0.05, 0.1) is 22.7 Å². The van der Waals surface area contributed by atoms with Crippen LogP contribution in [-0.4, -0.2) is 34.7 Å². The summed E-state index contributed by atoms with van der Waals surface area (Å²) in [7, 11) is 0. The molecule has 1 saturated heterocycles. The standard InChI is InChI=1S/C22H20ClF4NO2/c23-19-8-5-16(14-18(19)22(25,26)27)21(30)9-12-28(13-10-21)11-1-2-20(29)15-3-6-17(24)7-4-15/h3-8,14,20,29-30H,9-13H2. The van der Waals surface area contributed by atoms with Crippen LogP contribution in [0.2, 0.25) is 5.02 Å². The van der Waals surface area contributed by atoms with Crippen LogP contribution in [0.4, 0.5) is 17.6 Å². The van der Waals surface area contributed by atoms with E-state index in [0.717, 1.165) is 12.1 Å². The van der Waals surface area contributed by atoms with E-state index >= 15 is 0 Å². The molecule has 160 valence electrons. The second kappa shape index (κ2) is 8.94. The summed E-state index contributed by atoms with van der Waals surface area (Å²) in [5.41, 5.74) is -1.66. The smallest absolute Gasteiger partial charge is 0.385 e. The van der Waals surface area contributed by atoms with Crippen molar-refractivity contribution in [3.05, 3.63) is 70.0 Å². The Hall–Kier alpha value is -2.11. The highest BCUT2D eigenvalue weighted by Gasteiger charge is 2.38. The number of likely N-dealkylation sites (tertiary alicyclic amines) is 1. The third kappa shape index (κ3) is 5.32. The number of aliphatic hydroxyl groups is 2. The minimum Gasteiger partial charge on any atom is -0.385 e. The Bertz CT molecular complexity index is 942. The molecule has 0 amide bonds. The van der Waals surface area contributed by atoms with E-state index in [4.69, 9.17) is 11.6 Å². The Labute approximate surface area is 176 Å². The Morgan fingerprint density at radius 3 is 2.33 bits per heavy atom. The number of benzene rings is 2.